The molecule has 0 aromatic heterocycles. The highest BCUT2D eigenvalue weighted by Gasteiger charge is 2.49. The fourth-order valence-corrected chi connectivity index (χ4v) is 3.79. The van der Waals surface area contributed by atoms with Crippen molar-refractivity contribution in [3.8, 4) is 0 Å². The normalized spacial score (nSPS) is 16.6. The molecule has 0 aliphatic carbocycles. The minimum absolute atomic E-state index is 0.0927. The van der Waals surface area contributed by atoms with Crippen molar-refractivity contribution < 1.29 is 19.2 Å². The van der Waals surface area contributed by atoms with E-state index in [2.05, 4.69) is 0 Å². The zero-order valence-corrected chi connectivity index (χ0v) is 17.7. The summed E-state index contributed by atoms with van der Waals surface area (Å²) < 4.78 is 0. The maximum atomic E-state index is 13.0. The van der Waals surface area contributed by atoms with Crippen LogP contribution in [0.3, 0.4) is 0 Å². The van der Waals surface area contributed by atoms with Gasteiger partial charge in [-0.15, -0.1) is 0 Å². The summed E-state index contributed by atoms with van der Waals surface area (Å²) in [6.45, 7) is 2.62. The molecule has 0 spiro atoms. The molecule has 2 rings (SSSR count). The van der Waals surface area contributed by atoms with E-state index in [1.807, 2.05) is 31.1 Å². The Bertz CT molecular complexity index is 796. The van der Waals surface area contributed by atoms with Crippen LogP contribution in [0, 0.1) is 11.8 Å². The minimum Gasteiger partial charge on any atom is -0.378 e. The van der Waals surface area contributed by atoms with Gasteiger partial charge < -0.3 is 4.90 Å². The summed E-state index contributed by atoms with van der Waals surface area (Å²) in [5, 5.41) is 0.0927. The fraction of sp³-hybridized carbons (Fsp3) is 0.450. The first-order valence-corrected chi connectivity index (χ1v) is 9.27. The molecule has 2 amide bonds. The van der Waals surface area contributed by atoms with E-state index < -0.39 is 29.6 Å². The summed E-state index contributed by atoms with van der Waals surface area (Å²) in [7, 11) is 6.76. The Morgan fingerprint density at radius 1 is 0.964 bits per heavy atom. The third-order valence-corrected chi connectivity index (χ3v) is 5.70. The number of amides is 2. The molecule has 1 saturated heterocycles. The van der Waals surface area contributed by atoms with Gasteiger partial charge in [0, 0.05) is 39.8 Å². The number of thiocarbonyl (C=S) groups is 1. The van der Waals surface area contributed by atoms with E-state index in [0.29, 0.717) is 5.56 Å². The van der Waals surface area contributed by atoms with Crippen LogP contribution < -0.4 is 4.90 Å². The molecule has 1 aliphatic heterocycles. The number of carbonyl (C=O) groups excluding carboxylic acids is 4. The van der Waals surface area contributed by atoms with Gasteiger partial charge in [0.1, 0.15) is 17.5 Å². The van der Waals surface area contributed by atoms with Gasteiger partial charge in [-0.3, -0.25) is 29.0 Å². The monoisotopic (exact) mass is 403 g/mol. The van der Waals surface area contributed by atoms with E-state index in [1.165, 1.54) is 37.7 Å². The van der Waals surface area contributed by atoms with E-state index in [9.17, 15) is 19.2 Å². The van der Waals surface area contributed by atoms with Crippen molar-refractivity contribution in [2.24, 2.45) is 11.8 Å². The Morgan fingerprint density at radius 3 is 1.75 bits per heavy atom. The Labute approximate surface area is 170 Å². The number of Topliss-reactive ketones (excluding diaryl/α,β-unsaturated/α-hetero) is 2. The van der Waals surface area contributed by atoms with Crippen molar-refractivity contribution >= 4 is 46.4 Å². The predicted molar refractivity (Wildman–Crippen MR) is 110 cm³/mol. The van der Waals surface area contributed by atoms with E-state index in [0.717, 1.165) is 5.69 Å². The second kappa shape index (κ2) is 8.18. The summed E-state index contributed by atoms with van der Waals surface area (Å²) in [5.74, 6) is -4.99. The molecular formula is C20H25N3O4S. The number of carbonyl (C=O) groups is 4. The minimum atomic E-state index is -1.20. The van der Waals surface area contributed by atoms with Gasteiger partial charge in [0.05, 0.1) is 5.92 Å². The smallest absolute Gasteiger partial charge is 0.241 e. The van der Waals surface area contributed by atoms with Crippen LogP contribution in [-0.2, 0) is 19.2 Å². The maximum Gasteiger partial charge on any atom is 0.241 e. The molecule has 1 fully saturated rings. The molecule has 28 heavy (non-hydrogen) atoms. The Kier molecular flexibility index (Phi) is 6.34. The van der Waals surface area contributed by atoms with Gasteiger partial charge >= 0.3 is 0 Å². The number of hydrogen-bond donors (Lipinski definition) is 0. The molecule has 1 atom stereocenters. The number of ketones is 2. The molecule has 0 saturated carbocycles. The standard InChI is InChI=1S/C20H25N3O4S/c1-11(24)15(12(2)25)16(13-7-9-14(10-8-13)21(3)4)17-18(26)22(5)20(28)23(6)19(17)27/h7-10,15-17H,1-6H3. The number of nitrogens with zero attached hydrogens (tertiary/aromatic N) is 3. The summed E-state index contributed by atoms with van der Waals surface area (Å²) in [5.41, 5.74) is 1.50. The molecule has 8 heteroatoms. The topological polar surface area (TPSA) is 78.0 Å². The zero-order valence-electron chi connectivity index (χ0n) is 16.9. The average Bonchev–Trinajstić information content (AvgIpc) is 2.63. The van der Waals surface area contributed by atoms with Crippen LogP contribution >= 0.6 is 12.2 Å². The lowest BCUT2D eigenvalue weighted by atomic mass is 9.72. The van der Waals surface area contributed by atoms with Crippen molar-refractivity contribution in [3.63, 3.8) is 0 Å². The van der Waals surface area contributed by atoms with Crippen LogP contribution in [0.4, 0.5) is 5.69 Å². The summed E-state index contributed by atoms with van der Waals surface area (Å²) >= 11 is 5.15. The second-order valence-electron chi connectivity index (χ2n) is 7.27. The number of hydrogen-bond acceptors (Lipinski definition) is 6. The van der Waals surface area contributed by atoms with Crippen LogP contribution in [0.25, 0.3) is 0 Å². The van der Waals surface area contributed by atoms with Gasteiger partial charge in [-0.1, -0.05) is 12.1 Å². The lowest BCUT2D eigenvalue weighted by molar-refractivity contribution is -0.148. The number of benzene rings is 1. The van der Waals surface area contributed by atoms with Crippen LogP contribution in [0.1, 0.15) is 25.3 Å². The molecule has 1 aliphatic rings. The second-order valence-corrected chi connectivity index (χ2v) is 7.63. The van der Waals surface area contributed by atoms with Crippen molar-refractivity contribution in [1.82, 2.24) is 9.80 Å². The Morgan fingerprint density at radius 2 is 1.39 bits per heavy atom. The third kappa shape index (κ3) is 3.82. The van der Waals surface area contributed by atoms with Crippen molar-refractivity contribution in [1.29, 1.82) is 0 Å². The van der Waals surface area contributed by atoms with Gasteiger partial charge in [0.15, 0.2) is 5.11 Å². The largest absolute Gasteiger partial charge is 0.378 e. The van der Waals surface area contributed by atoms with Gasteiger partial charge in [-0.25, -0.2) is 0 Å². The highest BCUT2D eigenvalue weighted by atomic mass is 32.1. The molecule has 150 valence electrons. The average molecular weight is 404 g/mol. The molecule has 0 N–H and O–H groups in total. The number of rotatable bonds is 6. The SMILES string of the molecule is CC(=O)C(C(C)=O)C(c1ccc(N(C)C)cc1)C1C(=O)N(C)C(=S)N(C)C1=O. The first-order valence-electron chi connectivity index (χ1n) is 8.86. The van der Waals surface area contributed by atoms with Crippen LogP contribution in [0.5, 0.6) is 0 Å². The van der Waals surface area contributed by atoms with Crippen LogP contribution in [-0.4, -0.2) is 66.5 Å². The van der Waals surface area contributed by atoms with Crippen molar-refractivity contribution in [3.05, 3.63) is 29.8 Å². The Hall–Kier alpha value is -2.61. The quantitative estimate of drug-likeness (QED) is 0.529. The molecule has 1 aromatic rings. The first-order chi connectivity index (χ1) is 13.0. The summed E-state index contributed by atoms with van der Waals surface area (Å²) in [4.78, 5) is 55.0. The zero-order chi connectivity index (χ0) is 21.3. The third-order valence-electron chi connectivity index (χ3n) is 5.16. The molecular weight excluding hydrogens is 378 g/mol. The molecule has 1 aromatic carbocycles. The van der Waals surface area contributed by atoms with Crippen molar-refractivity contribution in [2.75, 3.05) is 33.1 Å². The van der Waals surface area contributed by atoms with E-state index in [4.69, 9.17) is 12.2 Å². The highest BCUT2D eigenvalue weighted by molar-refractivity contribution is 7.80. The van der Waals surface area contributed by atoms with Crippen molar-refractivity contribution in [2.45, 2.75) is 19.8 Å². The highest BCUT2D eigenvalue weighted by Crippen LogP contribution is 2.38. The molecule has 1 heterocycles. The first kappa shape index (κ1) is 21.7. The van der Waals surface area contributed by atoms with Gasteiger partial charge in [-0.2, -0.15) is 0 Å². The van der Waals surface area contributed by atoms with E-state index in [1.54, 1.807) is 12.1 Å². The van der Waals surface area contributed by atoms with E-state index >= 15 is 0 Å². The van der Waals surface area contributed by atoms with Gasteiger partial charge in [-0.05, 0) is 43.8 Å². The lowest BCUT2D eigenvalue weighted by Crippen LogP contribution is -2.59. The fourth-order valence-electron chi connectivity index (χ4n) is 3.61. The molecule has 1 unspecified atom stereocenters. The summed E-state index contributed by atoms with van der Waals surface area (Å²) in [6, 6.07) is 7.17. The van der Waals surface area contributed by atoms with Crippen LogP contribution in [0.15, 0.2) is 24.3 Å². The predicted octanol–water partition coefficient (Wildman–Crippen LogP) is 1.46. The van der Waals surface area contributed by atoms with Crippen LogP contribution in [0.2, 0.25) is 0 Å². The number of anilines is 1. The molecule has 0 radical (unpaired) electrons. The molecule has 7 nitrogen and oxygen atoms in total. The van der Waals surface area contributed by atoms with Gasteiger partial charge in [0.2, 0.25) is 11.8 Å². The van der Waals surface area contributed by atoms with E-state index in [-0.39, 0.29) is 16.7 Å². The lowest BCUT2D eigenvalue weighted by Gasteiger charge is -2.40. The van der Waals surface area contributed by atoms with Gasteiger partial charge in [0.25, 0.3) is 0 Å². The molecule has 0 bridgehead atoms. The Balaban J connectivity index is 2.65. The summed E-state index contributed by atoms with van der Waals surface area (Å²) in [6.07, 6.45) is 0. The maximum absolute atomic E-state index is 13.0.